The Bertz CT molecular complexity index is 494. The first-order chi connectivity index (χ1) is 9.22. The third-order valence-corrected chi connectivity index (χ3v) is 5.65. The Morgan fingerprint density at radius 1 is 1.26 bits per heavy atom. The smallest absolute Gasteiger partial charge is 0.137 e. The van der Waals surface area contributed by atoms with Crippen molar-refractivity contribution in [2.24, 2.45) is 5.73 Å². The molecule has 1 saturated carbocycles. The summed E-state index contributed by atoms with van der Waals surface area (Å²) in [6.45, 7) is 0.731. The SMILES string of the molecule is COc1c(C2(CN)CC2)cc2c(c1Br)CCCCC2. The summed E-state index contributed by atoms with van der Waals surface area (Å²) in [6, 6.07) is 2.39. The lowest BCUT2D eigenvalue weighted by molar-refractivity contribution is 0.400. The van der Waals surface area contributed by atoms with Crippen LogP contribution < -0.4 is 10.5 Å². The minimum absolute atomic E-state index is 0.190. The van der Waals surface area contributed by atoms with Crippen LogP contribution >= 0.6 is 15.9 Å². The van der Waals surface area contributed by atoms with Crippen LogP contribution in [0.25, 0.3) is 0 Å². The molecule has 0 atom stereocenters. The van der Waals surface area contributed by atoms with Gasteiger partial charge >= 0.3 is 0 Å². The van der Waals surface area contributed by atoms with Gasteiger partial charge in [-0.25, -0.2) is 0 Å². The molecule has 3 rings (SSSR count). The third-order valence-electron chi connectivity index (χ3n) is 4.81. The van der Waals surface area contributed by atoms with Gasteiger partial charge in [-0.1, -0.05) is 12.5 Å². The number of hydrogen-bond donors (Lipinski definition) is 1. The molecule has 0 unspecified atom stereocenters. The van der Waals surface area contributed by atoms with Crippen molar-refractivity contribution >= 4 is 15.9 Å². The molecule has 104 valence electrons. The van der Waals surface area contributed by atoms with Crippen molar-refractivity contribution in [3.63, 3.8) is 0 Å². The van der Waals surface area contributed by atoms with E-state index < -0.39 is 0 Å². The van der Waals surface area contributed by atoms with Crippen LogP contribution in [0.4, 0.5) is 0 Å². The Morgan fingerprint density at radius 3 is 2.63 bits per heavy atom. The first-order valence-electron chi connectivity index (χ1n) is 7.30. The lowest BCUT2D eigenvalue weighted by Crippen LogP contribution is -2.21. The standard InChI is InChI=1S/C16H22BrNO/c1-19-15-13(16(10-18)7-8-16)9-11-5-3-2-4-6-12(11)14(15)17/h9H,2-8,10,18H2,1H3. The number of aryl methyl sites for hydroxylation is 1. The summed E-state index contributed by atoms with van der Waals surface area (Å²) in [5.74, 6) is 1.03. The summed E-state index contributed by atoms with van der Waals surface area (Å²) in [5, 5.41) is 0. The minimum Gasteiger partial charge on any atom is -0.495 e. The molecule has 0 radical (unpaired) electrons. The van der Waals surface area contributed by atoms with Gasteiger partial charge < -0.3 is 10.5 Å². The van der Waals surface area contributed by atoms with Crippen molar-refractivity contribution in [1.29, 1.82) is 0 Å². The molecule has 0 aliphatic heterocycles. The molecule has 0 amide bonds. The van der Waals surface area contributed by atoms with E-state index in [0.717, 1.165) is 12.3 Å². The molecule has 0 aromatic heterocycles. The van der Waals surface area contributed by atoms with Gasteiger partial charge in [0, 0.05) is 17.5 Å². The Kier molecular flexibility index (Phi) is 3.61. The molecule has 2 N–H and O–H groups in total. The number of nitrogens with two attached hydrogens (primary N) is 1. The molecule has 1 aromatic rings. The highest BCUT2D eigenvalue weighted by Gasteiger charge is 2.45. The Morgan fingerprint density at radius 2 is 2.00 bits per heavy atom. The largest absolute Gasteiger partial charge is 0.495 e. The summed E-state index contributed by atoms with van der Waals surface area (Å²) < 4.78 is 6.89. The number of fused-ring (bicyclic) bond motifs is 1. The maximum absolute atomic E-state index is 6.01. The topological polar surface area (TPSA) is 35.2 Å². The number of halogens is 1. The number of benzene rings is 1. The minimum atomic E-state index is 0.190. The second-order valence-electron chi connectivity index (χ2n) is 5.95. The molecular formula is C16H22BrNO. The van der Waals surface area contributed by atoms with Crippen LogP contribution in [0.2, 0.25) is 0 Å². The molecule has 19 heavy (non-hydrogen) atoms. The molecule has 1 fully saturated rings. The van der Waals surface area contributed by atoms with E-state index >= 15 is 0 Å². The van der Waals surface area contributed by atoms with Crippen LogP contribution in [0.3, 0.4) is 0 Å². The highest BCUT2D eigenvalue weighted by Crippen LogP contribution is 2.53. The van der Waals surface area contributed by atoms with Gasteiger partial charge in [0.1, 0.15) is 5.75 Å². The zero-order chi connectivity index (χ0) is 13.5. The van der Waals surface area contributed by atoms with Crippen LogP contribution in [0.15, 0.2) is 10.5 Å². The first-order valence-corrected chi connectivity index (χ1v) is 8.10. The van der Waals surface area contributed by atoms with Crippen LogP contribution in [0, 0.1) is 0 Å². The predicted octanol–water partition coefficient (Wildman–Crippen LogP) is 3.72. The lowest BCUT2D eigenvalue weighted by Gasteiger charge is -2.22. The van der Waals surface area contributed by atoms with E-state index in [-0.39, 0.29) is 5.41 Å². The molecule has 3 heteroatoms. The van der Waals surface area contributed by atoms with Gasteiger partial charge in [-0.05, 0) is 65.6 Å². The summed E-state index contributed by atoms with van der Waals surface area (Å²) in [6.07, 6.45) is 8.70. The fourth-order valence-electron chi connectivity index (χ4n) is 3.34. The Hall–Kier alpha value is -0.540. The van der Waals surface area contributed by atoms with Crippen molar-refractivity contribution < 1.29 is 4.74 Å². The number of rotatable bonds is 3. The summed E-state index contributed by atoms with van der Waals surface area (Å²) >= 11 is 3.80. The summed E-state index contributed by atoms with van der Waals surface area (Å²) in [4.78, 5) is 0. The molecule has 0 saturated heterocycles. The maximum atomic E-state index is 6.01. The molecule has 0 spiro atoms. The maximum Gasteiger partial charge on any atom is 0.137 e. The molecule has 2 aliphatic rings. The molecule has 2 nitrogen and oxygen atoms in total. The average molecular weight is 324 g/mol. The second-order valence-corrected chi connectivity index (χ2v) is 6.75. The zero-order valence-corrected chi connectivity index (χ0v) is 13.2. The van der Waals surface area contributed by atoms with Crippen molar-refractivity contribution in [3.05, 3.63) is 27.2 Å². The van der Waals surface area contributed by atoms with Crippen molar-refractivity contribution in [2.45, 2.75) is 50.4 Å². The van der Waals surface area contributed by atoms with Gasteiger partial charge in [0.15, 0.2) is 0 Å². The summed E-state index contributed by atoms with van der Waals surface area (Å²) in [7, 11) is 1.78. The van der Waals surface area contributed by atoms with Gasteiger partial charge in [0.05, 0.1) is 11.6 Å². The van der Waals surface area contributed by atoms with E-state index in [1.165, 1.54) is 66.1 Å². The highest BCUT2D eigenvalue weighted by molar-refractivity contribution is 9.10. The van der Waals surface area contributed by atoms with Crippen LogP contribution in [-0.4, -0.2) is 13.7 Å². The van der Waals surface area contributed by atoms with Crippen molar-refractivity contribution in [2.75, 3.05) is 13.7 Å². The number of ether oxygens (including phenoxy) is 1. The van der Waals surface area contributed by atoms with Crippen molar-refractivity contribution in [1.82, 2.24) is 0 Å². The van der Waals surface area contributed by atoms with Gasteiger partial charge in [0.25, 0.3) is 0 Å². The normalized spacial score (nSPS) is 20.6. The monoisotopic (exact) mass is 323 g/mol. The molecule has 0 bridgehead atoms. The summed E-state index contributed by atoms with van der Waals surface area (Å²) in [5.41, 5.74) is 10.5. The average Bonchev–Trinajstić information content (AvgIpc) is 3.23. The molecule has 0 heterocycles. The molecule has 1 aromatic carbocycles. The van der Waals surface area contributed by atoms with Gasteiger partial charge in [-0.2, -0.15) is 0 Å². The van der Waals surface area contributed by atoms with Gasteiger partial charge in [-0.3, -0.25) is 0 Å². The van der Waals surface area contributed by atoms with E-state index in [9.17, 15) is 0 Å². The number of hydrogen-bond acceptors (Lipinski definition) is 2. The van der Waals surface area contributed by atoms with E-state index in [1.54, 1.807) is 7.11 Å². The van der Waals surface area contributed by atoms with E-state index in [4.69, 9.17) is 10.5 Å². The predicted molar refractivity (Wildman–Crippen MR) is 81.9 cm³/mol. The van der Waals surface area contributed by atoms with E-state index in [1.807, 2.05) is 0 Å². The quantitative estimate of drug-likeness (QED) is 0.860. The Labute approximate surface area is 123 Å². The Balaban J connectivity index is 2.14. The first kappa shape index (κ1) is 13.4. The second kappa shape index (κ2) is 5.10. The van der Waals surface area contributed by atoms with E-state index in [0.29, 0.717) is 0 Å². The fourth-order valence-corrected chi connectivity index (χ4v) is 4.17. The van der Waals surface area contributed by atoms with Crippen molar-refractivity contribution in [3.8, 4) is 5.75 Å². The zero-order valence-electron chi connectivity index (χ0n) is 11.6. The van der Waals surface area contributed by atoms with E-state index in [2.05, 4.69) is 22.0 Å². The van der Waals surface area contributed by atoms with Gasteiger partial charge in [0.2, 0.25) is 0 Å². The fraction of sp³-hybridized carbons (Fsp3) is 0.625. The van der Waals surface area contributed by atoms with Gasteiger partial charge in [-0.15, -0.1) is 0 Å². The van der Waals surface area contributed by atoms with Crippen LogP contribution in [0.1, 0.15) is 48.8 Å². The number of methoxy groups -OCH3 is 1. The molecule has 2 aliphatic carbocycles. The van der Waals surface area contributed by atoms with Crippen LogP contribution in [-0.2, 0) is 18.3 Å². The third kappa shape index (κ3) is 2.21. The van der Waals surface area contributed by atoms with Crippen LogP contribution in [0.5, 0.6) is 5.75 Å². The highest BCUT2D eigenvalue weighted by atomic mass is 79.9. The lowest BCUT2D eigenvalue weighted by atomic mass is 9.90. The molecular weight excluding hydrogens is 302 g/mol.